The molecule has 0 unspecified atom stereocenters. The van der Waals surface area contributed by atoms with Gasteiger partial charge in [-0.15, -0.1) is 11.3 Å². The Labute approximate surface area is 137 Å². The third-order valence-corrected chi connectivity index (χ3v) is 5.69. The highest BCUT2D eigenvalue weighted by atomic mass is 35.5. The van der Waals surface area contributed by atoms with Crippen LogP contribution in [0.2, 0.25) is 10.0 Å². The number of carbonyl (C=O) groups excluding carboxylic acids is 1. The summed E-state index contributed by atoms with van der Waals surface area (Å²) in [7, 11) is 0. The maximum Gasteiger partial charge on any atom is 0.294 e. The van der Waals surface area contributed by atoms with Crippen molar-refractivity contribution in [2.24, 2.45) is 0 Å². The topological polar surface area (TPSA) is 87.1 Å². The number of Topliss-reactive ketones (excluding diaryl/α,β-unsaturated/α-hetero) is 1. The number of aromatic nitrogens is 1. The van der Waals surface area contributed by atoms with E-state index in [0.29, 0.717) is 9.63 Å². The van der Waals surface area contributed by atoms with Crippen LogP contribution in [-0.2, 0) is 0 Å². The minimum Gasteiger partial charge on any atom is -0.619 e. The SMILES string of the molecule is CC(=O)c1cc([N+](=O)[O-])c(Sc2c(Cl)c[n+]([O-])cc2Cl)s1. The van der Waals surface area contributed by atoms with E-state index < -0.39 is 4.92 Å². The van der Waals surface area contributed by atoms with E-state index in [1.807, 2.05) is 0 Å². The van der Waals surface area contributed by atoms with Gasteiger partial charge in [-0.1, -0.05) is 35.0 Å². The van der Waals surface area contributed by atoms with Crippen LogP contribution < -0.4 is 4.73 Å². The van der Waals surface area contributed by atoms with Crippen LogP contribution in [0.4, 0.5) is 5.69 Å². The van der Waals surface area contributed by atoms with Crippen molar-refractivity contribution in [1.29, 1.82) is 0 Å². The van der Waals surface area contributed by atoms with Gasteiger partial charge < -0.3 is 5.21 Å². The van der Waals surface area contributed by atoms with Crippen molar-refractivity contribution in [2.75, 3.05) is 0 Å². The van der Waals surface area contributed by atoms with Crippen molar-refractivity contribution in [3.05, 3.63) is 48.7 Å². The summed E-state index contributed by atoms with van der Waals surface area (Å²) in [6, 6.07) is 1.22. The van der Waals surface area contributed by atoms with Crippen LogP contribution in [0, 0.1) is 15.3 Å². The Morgan fingerprint density at radius 2 is 1.95 bits per heavy atom. The monoisotopic (exact) mass is 364 g/mol. The third kappa shape index (κ3) is 3.46. The molecule has 0 bridgehead atoms. The van der Waals surface area contributed by atoms with Gasteiger partial charge >= 0.3 is 0 Å². The molecule has 0 aliphatic rings. The van der Waals surface area contributed by atoms with E-state index in [0.717, 1.165) is 35.5 Å². The van der Waals surface area contributed by atoms with Crippen LogP contribution in [0.5, 0.6) is 0 Å². The van der Waals surface area contributed by atoms with E-state index in [-0.39, 0.29) is 30.6 Å². The molecule has 2 rings (SSSR count). The van der Waals surface area contributed by atoms with E-state index in [1.165, 1.54) is 13.0 Å². The molecule has 0 aliphatic heterocycles. The number of halogens is 2. The molecule has 0 N–H and O–H groups in total. The van der Waals surface area contributed by atoms with Crippen LogP contribution in [-0.4, -0.2) is 10.7 Å². The Balaban J connectivity index is 2.49. The van der Waals surface area contributed by atoms with Gasteiger partial charge in [0, 0.05) is 6.07 Å². The molecular formula is C11H6Cl2N2O4S2. The zero-order valence-electron chi connectivity index (χ0n) is 10.3. The van der Waals surface area contributed by atoms with Gasteiger partial charge in [0.25, 0.3) is 5.69 Å². The van der Waals surface area contributed by atoms with E-state index in [1.54, 1.807) is 0 Å². The maximum absolute atomic E-state index is 11.3. The Hall–Kier alpha value is -1.35. The molecule has 0 amide bonds. The van der Waals surface area contributed by atoms with Crippen molar-refractivity contribution in [3.63, 3.8) is 0 Å². The smallest absolute Gasteiger partial charge is 0.294 e. The van der Waals surface area contributed by atoms with Crippen LogP contribution in [0.3, 0.4) is 0 Å². The van der Waals surface area contributed by atoms with Gasteiger partial charge in [0.05, 0.1) is 14.7 Å². The van der Waals surface area contributed by atoms with Gasteiger partial charge in [-0.3, -0.25) is 14.9 Å². The lowest BCUT2D eigenvalue weighted by molar-refractivity contribution is -0.605. The first-order valence-corrected chi connectivity index (χ1v) is 7.73. The van der Waals surface area contributed by atoms with Gasteiger partial charge in [0.2, 0.25) is 0 Å². The molecule has 0 aromatic carbocycles. The number of hydrogen-bond acceptors (Lipinski definition) is 6. The minimum atomic E-state index is -0.580. The molecule has 0 radical (unpaired) electrons. The molecule has 0 fully saturated rings. The summed E-state index contributed by atoms with van der Waals surface area (Å²) in [6.07, 6.45) is 2.20. The maximum atomic E-state index is 11.3. The second-order valence-electron chi connectivity index (χ2n) is 3.84. The van der Waals surface area contributed by atoms with Crippen LogP contribution in [0.25, 0.3) is 0 Å². The molecule has 0 saturated heterocycles. The highest BCUT2D eigenvalue weighted by Gasteiger charge is 2.24. The van der Waals surface area contributed by atoms with Gasteiger partial charge in [0.15, 0.2) is 18.2 Å². The molecule has 21 heavy (non-hydrogen) atoms. The summed E-state index contributed by atoms with van der Waals surface area (Å²) in [5.41, 5.74) is -0.193. The van der Waals surface area contributed by atoms with Crippen LogP contribution >= 0.6 is 46.3 Å². The van der Waals surface area contributed by atoms with Crippen molar-refractivity contribution < 1.29 is 14.4 Å². The fraction of sp³-hybridized carbons (Fsp3) is 0.0909. The van der Waals surface area contributed by atoms with E-state index >= 15 is 0 Å². The van der Waals surface area contributed by atoms with Crippen molar-refractivity contribution in [3.8, 4) is 0 Å². The lowest BCUT2D eigenvalue weighted by atomic mass is 10.3. The average molecular weight is 365 g/mol. The van der Waals surface area contributed by atoms with Gasteiger partial charge in [-0.05, 0) is 6.92 Å². The second kappa shape index (κ2) is 6.18. The number of hydrogen-bond donors (Lipinski definition) is 0. The Morgan fingerprint density at radius 3 is 2.43 bits per heavy atom. The summed E-state index contributed by atoms with van der Waals surface area (Å²) in [4.78, 5) is 22.4. The zero-order chi connectivity index (χ0) is 15.7. The molecular weight excluding hydrogens is 359 g/mol. The third-order valence-electron chi connectivity index (χ3n) is 2.33. The van der Waals surface area contributed by atoms with E-state index in [9.17, 15) is 20.1 Å². The highest BCUT2D eigenvalue weighted by molar-refractivity contribution is 8.01. The molecule has 10 heteroatoms. The second-order valence-corrected chi connectivity index (χ2v) is 6.99. The van der Waals surface area contributed by atoms with Crippen LogP contribution in [0.1, 0.15) is 16.6 Å². The highest BCUT2D eigenvalue weighted by Crippen LogP contribution is 2.45. The number of thiophene rings is 1. The molecule has 6 nitrogen and oxygen atoms in total. The Bertz CT molecular complexity index is 725. The Kier molecular flexibility index (Phi) is 4.72. The number of rotatable bonds is 4. The number of nitro groups is 1. The summed E-state index contributed by atoms with van der Waals surface area (Å²) in [6.45, 7) is 1.33. The first-order valence-electron chi connectivity index (χ1n) is 5.34. The molecule has 2 aromatic heterocycles. The summed E-state index contributed by atoms with van der Waals surface area (Å²) in [5.74, 6) is -0.266. The minimum absolute atomic E-state index is 0.0783. The summed E-state index contributed by atoms with van der Waals surface area (Å²) in [5, 5.41) is 22.4. The predicted octanol–water partition coefficient (Wildman–Crippen LogP) is 3.95. The molecule has 0 spiro atoms. The van der Waals surface area contributed by atoms with Gasteiger partial charge in [-0.25, -0.2) is 0 Å². The molecule has 0 aliphatic carbocycles. The van der Waals surface area contributed by atoms with Crippen LogP contribution in [0.15, 0.2) is 27.6 Å². The first-order chi connectivity index (χ1) is 9.79. The predicted molar refractivity (Wildman–Crippen MR) is 80.5 cm³/mol. The largest absolute Gasteiger partial charge is 0.619 e. The van der Waals surface area contributed by atoms with Gasteiger partial charge in [0.1, 0.15) is 14.3 Å². The quantitative estimate of drug-likeness (QED) is 0.269. The number of carbonyl (C=O) groups is 1. The Morgan fingerprint density at radius 1 is 1.38 bits per heavy atom. The number of nitrogens with zero attached hydrogens (tertiary/aromatic N) is 2. The van der Waals surface area contributed by atoms with Gasteiger partial charge in [-0.2, -0.15) is 4.73 Å². The standard InChI is InChI=1S/C11H6Cl2N2O4S2/c1-5(16)9-2-8(15(18)19)11(20-9)21-10-6(12)3-14(17)4-7(10)13/h2-4H,1H3. The summed E-state index contributed by atoms with van der Waals surface area (Å²) >= 11 is 13.8. The van der Waals surface area contributed by atoms with Crippen molar-refractivity contribution in [2.45, 2.75) is 16.0 Å². The normalized spacial score (nSPS) is 10.6. The number of ketones is 1. The lowest BCUT2D eigenvalue weighted by Crippen LogP contribution is -2.24. The average Bonchev–Trinajstić information content (AvgIpc) is 2.77. The first kappa shape index (κ1) is 16.0. The van der Waals surface area contributed by atoms with E-state index in [4.69, 9.17) is 23.2 Å². The number of pyridine rings is 1. The fourth-order valence-electron chi connectivity index (χ4n) is 1.42. The zero-order valence-corrected chi connectivity index (χ0v) is 13.5. The van der Waals surface area contributed by atoms with E-state index in [2.05, 4.69) is 0 Å². The molecule has 0 saturated carbocycles. The molecule has 2 heterocycles. The molecule has 110 valence electrons. The van der Waals surface area contributed by atoms with Crippen molar-refractivity contribution in [1.82, 2.24) is 0 Å². The molecule has 0 atom stereocenters. The van der Waals surface area contributed by atoms with Crippen molar-refractivity contribution >= 4 is 57.8 Å². The summed E-state index contributed by atoms with van der Waals surface area (Å²) < 4.78 is 0.719. The lowest BCUT2D eigenvalue weighted by Gasteiger charge is -2.04. The fourth-order valence-corrected chi connectivity index (χ4v) is 4.26. The molecule has 2 aromatic rings.